The number of nitrogens with one attached hydrogen (secondary N) is 2. The van der Waals surface area contributed by atoms with Crippen LogP contribution in [-0.4, -0.2) is 48.7 Å². The highest BCUT2D eigenvalue weighted by Gasteiger charge is 2.25. The number of nitriles is 2. The monoisotopic (exact) mass is 512 g/mol. The van der Waals surface area contributed by atoms with Crippen LogP contribution in [0.4, 0.5) is 31.8 Å². The van der Waals surface area contributed by atoms with E-state index in [1.165, 1.54) is 12.1 Å². The Morgan fingerprint density at radius 3 is 2.53 bits per heavy atom. The smallest absolute Gasteiger partial charge is 0.227 e. The maximum Gasteiger partial charge on any atom is 0.227 e. The number of hydrogen-bond donors (Lipinski definition) is 2. The van der Waals surface area contributed by atoms with Gasteiger partial charge in [0.2, 0.25) is 5.95 Å². The molecule has 0 saturated carbocycles. The second kappa shape index (κ2) is 10.4. The number of aromatic nitrogens is 2. The molecule has 10 heteroatoms. The SMILES string of the molecule is CC(C)N1CC(C#N)=Cc2c(F)cc(-c3nc(Nc4ccc(N5CCNCC5)c(C#N)c4)ncc3F)cc21. The highest BCUT2D eigenvalue weighted by Crippen LogP contribution is 2.37. The van der Waals surface area contributed by atoms with Crippen LogP contribution in [-0.2, 0) is 0 Å². The van der Waals surface area contributed by atoms with Crippen LogP contribution in [0.3, 0.4) is 0 Å². The second-order valence-electron chi connectivity index (χ2n) is 9.49. The summed E-state index contributed by atoms with van der Waals surface area (Å²) in [6, 6.07) is 12.7. The van der Waals surface area contributed by atoms with E-state index in [9.17, 15) is 14.9 Å². The molecule has 2 N–H and O–H groups in total. The molecule has 3 aromatic rings. The van der Waals surface area contributed by atoms with Gasteiger partial charge in [0, 0.05) is 60.3 Å². The van der Waals surface area contributed by atoms with Crippen molar-refractivity contribution in [2.75, 3.05) is 47.8 Å². The fourth-order valence-corrected chi connectivity index (χ4v) is 4.78. The van der Waals surface area contributed by atoms with Crippen LogP contribution in [0.15, 0.2) is 42.1 Å². The van der Waals surface area contributed by atoms with Crippen LogP contribution >= 0.6 is 0 Å². The molecule has 3 heterocycles. The normalized spacial score (nSPS) is 15.0. The van der Waals surface area contributed by atoms with Gasteiger partial charge in [0.15, 0.2) is 5.82 Å². The number of piperazine rings is 1. The molecule has 0 spiro atoms. The Hall–Kier alpha value is -4.54. The molecule has 0 atom stereocenters. The van der Waals surface area contributed by atoms with Gasteiger partial charge in [0.25, 0.3) is 0 Å². The summed E-state index contributed by atoms with van der Waals surface area (Å²) in [5.41, 5.74) is 3.47. The molecule has 38 heavy (non-hydrogen) atoms. The predicted octanol–water partition coefficient (Wildman–Crippen LogP) is 4.58. The molecule has 0 aliphatic carbocycles. The van der Waals surface area contributed by atoms with E-state index in [1.54, 1.807) is 12.1 Å². The number of benzene rings is 2. The molecule has 1 saturated heterocycles. The summed E-state index contributed by atoms with van der Waals surface area (Å²) in [5.74, 6) is -1.14. The molecule has 8 nitrogen and oxygen atoms in total. The Bertz CT molecular complexity index is 1500. The zero-order chi connectivity index (χ0) is 26.8. The molecule has 2 aliphatic rings. The fraction of sp³-hybridized carbons (Fsp3) is 0.286. The first-order chi connectivity index (χ1) is 18.4. The highest BCUT2D eigenvalue weighted by molar-refractivity contribution is 5.81. The standard InChI is InChI=1S/C28H26F2N8/c1-17(2)38-16-18(13-31)9-22-23(29)11-19(12-26(22)38)27-24(30)15-34-28(36-27)35-21-3-4-25(20(10-21)14-32)37-7-5-33-6-8-37/h3-4,9-12,15,17,33H,5-8,16H2,1-2H3,(H,34,35,36). The topological polar surface area (TPSA) is 104 Å². The van der Waals surface area contributed by atoms with Gasteiger partial charge in [-0.05, 0) is 50.3 Å². The molecular formula is C28H26F2N8. The first-order valence-electron chi connectivity index (χ1n) is 12.4. The van der Waals surface area contributed by atoms with Crippen molar-refractivity contribution >= 4 is 29.1 Å². The van der Waals surface area contributed by atoms with E-state index >= 15 is 4.39 Å². The second-order valence-corrected chi connectivity index (χ2v) is 9.49. The molecule has 0 unspecified atom stereocenters. The molecule has 1 fully saturated rings. The van der Waals surface area contributed by atoms with Crippen molar-refractivity contribution in [3.63, 3.8) is 0 Å². The Balaban J connectivity index is 1.48. The molecule has 0 bridgehead atoms. The van der Waals surface area contributed by atoms with Gasteiger partial charge in [-0.25, -0.2) is 18.7 Å². The Labute approximate surface area is 219 Å². The van der Waals surface area contributed by atoms with E-state index in [0.29, 0.717) is 34.6 Å². The van der Waals surface area contributed by atoms with Gasteiger partial charge >= 0.3 is 0 Å². The summed E-state index contributed by atoms with van der Waals surface area (Å²) < 4.78 is 30.1. The molecule has 2 aromatic carbocycles. The first-order valence-corrected chi connectivity index (χ1v) is 12.4. The minimum Gasteiger partial charge on any atom is -0.368 e. The van der Waals surface area contributed by atoms with Crippen LogP contribution in [0.25, 0.3) is 17.3 Å². The third-order valence-electron chi connectivity index (χ3n) is 6.69. The lowest BCUT2D eigenvalue weighted by Gasteiger charge is -2.33. The molecule has 5 rings (SSSR count). The zero-order valence-corrected chi connectivity index (χ0v) is 21.1. The van der Waals surface area contributed by atoms with Gasteiger partial charge in [-0.2, -0.15) is 10.5 Å². The van der Waals surface area contributed by atoms with Crippen molar-refractivity contribution < 1.29 is 8.78 Å². The summed E-state index contributed by atoms with van der Waals surface area (Å²) in [6.45, 7) is 7.57. The van der Waals surface area contributed by atoms with E-state index in [1.807, 2.05) is 30.9 Å². The molecule has 0 radical (unpaired) electrons. The molecule has 1 aromatic heterocycles. The minimum atomic E-state index is -0.693. The van der Waals surface area contributed by atoms with Crippen LogP contribution < -0.4 is 20.4 Å². The lowest BCUT2D eigenvalue weighted by atomic mass is 9.98. The van der Waals surface area contributed by atoms with Crippen molar-refractivity contribution in [1.82, 2.24) is 15.3 Å². The van der Waals surface area contributed by atoms with Gasteiger partial charge in [-0.15, -0.1) is 0 Å². The number of halogens is 2. The van der Waals surface area contributed by atoms with Gasteiger partial charge in [0.1, 0.15) is 17.6 Å². The lowest BCUT2D eigenvalue weighted by Crippen LogP contribution is -2.43. The first kappa shape index (κ1) is 25.1. The maximum atomic E-state index is 15.2. The third kappa shape index (κ3) is 4.86. The minimum absolute atomic E-state index is 0.00794. The summed E-state index contributed by atoms with van der Waals surface area (Å²) in [6.07, 6.45) is 2.57. The van der Waals surface area contributed by atoms with Gasteiger partial charge in [-0.1, -0.05) is 0 Å². The van der Waals surface area contributed by atoms with Gasteiger partial charge in [-0.3, -0.25) is 0 Å². The molecule has 192 valence electrons. The summed E-state index contributed by atoms with van der Waals surface area (Å²) in [5, 5.41) is 25.4. The molecule has 2 aliphatic heterocycles. The van der Waals surface area contributed by atoms with Crippen LogP contribution in [0.5, 0.6) is 0 Å². The highest BCUT2D eigenvalue weighted by atomic mass is 19.1. The van der Waals surface area contributed by atoms with Crippen LogP contribution in [0, 0.1) is 34.3 Å². The number of nitrogens with zero attached hydrogens (tertiary/aromatic N) is 6. The van der Waals surface area contributed by atoms with E-state index in [4.69, 9.17) is 0 Å². The Kier molecular flexibility index (Phi) is 6.91. The van der Waals surface area contributed by atoms with Crippen molar-refractivity contribution in [1.29, 1.82) is 10.5 Å². The van der Waals surface area contributed by atoms with Gasteiger partial charge in [0.05, 0.1) is 30.1 Å². The largest absolute Gasteiger partial charge is 0.368 e. The number of anilines is 4. The Morgan fingerprint density at radius 1 is 1.03 bits per heavy atom. The summed E-state index contributed by atoms with van der Waals surface area (Å²) in [7, 11) is 0. The van der Waals surface area contributed by atoms with Gasteiger partial charge < -0.3 is 20.4 Å². The summed E-state index contributed by atoms with van der Waals surface area (Å²) in [4.78, 5) is 12.5. The number of fused-ring (bicyclic) bond motifs is 1. The third-order valence-corrected chi connectivity index (χ3v) is 6.69. The molecule has 0 amide bonds. The lowest BCUT2D eigenvalue weighted by molar-refractivity contribution is 0.589. The van der Waals surface area contributed by atoms with Crippen LogP contribution in [0.1, 0.15) is 25.0 Å². The predicted molar refractivity (Wildman–Crippen MR) is 143 cm³/mol. The van der Waals surface area contributed by atoms with E-state index in [2.05, 4.69) is 37.6 Å². The van der Waals surface area contributed by atoms with E-state index < -0.39 is 11.6 Å². The van der Waals surface area contributed by atoms with E-state index in [-0.39, 0.29) is 23.2 Å². The van der Waals surface area contributed by atoms with Crippen molar-refractivity contribution in [2.24, 2.45) is 0 Å². The van der Waals surface area contributed by atoms with Crippen molar-refractivity contribution in [3.05, 3.63) is 64.9 Å². The zero-order valence-electron chi connectivity index (χ0n) is 21.1. The maximum absolute atomic E-state index is 15.2. The summed E-state index contributed by atoms with van der Waals surface area (Å²) >= 11 is 0. The average molecular weight is 513 g/mol. The number of hydrogen-bond acceptors (Lipinski definition) is 8. The van der Waals surface area contributed by atoms with Crippen LogP contribution in [0.2, 0.25) is 0 Å². The number of rotatable bonds is 5. The molecular weight excluding hydrogens is 486 g/mol. The van der Waals surface area contributed by atoms with E-state index in [0.717, 1.165) is 38.1 Å². The fourth-order valence-electron chi connectivity index (χ4n) is 4.78. The van der Waals surface area contributed by atoms with Crippen molar-refractivity contribution in [2.45, 2.75) is 19.9 Å². The quantitative estimate of drug-likeness (QED) is 0.512. The Morgan fingerprint density at radius 2 is 1.82 bits per heavy atom. The van der Waals surface area contributed by atoms with Crippen molar-refractivity contribution in [3.8, 4) is 23.4 Å². The average Bonchev–Trinajstić information content (AvgIpc) is 2.93.